The maximum Gasteiger partial charge on any atom is 0.252 e. The summed E-state index contributed by atoms with van der Waals surface area (Å²) in [5.74, 6) is 0. The zero-order valence-corrected chi connectivity index (χ0v) is 14.0. The van der Waals surface area contributed by atoms with Gasteiger partial charge < -0.3 is 5.73 Å². The molecule has 2 rings (SSSR count). The molecule has 0 amide bonds. The van der Waals surface area contributed by atoms with E-state index in [-0.39, 0.29) is 18.4 Å². The van der Waals surface area contributed by atoms with Gasteiger partial charge in [0.15, 0.2) is 0 Å². The number of halogens is 2. The minimum absolute atomic E-state index is 0. The maximum atomic E-state index is 12.4. The van der Waals surface area contributed by atoms with E-state index >= 15 is 0 Å². The first-order valence-corrected chi connectivity index (χ1v) is 8.48. The van der Waals surface area contributed by atoms with Crippen LogP contribution in [0.3, 0.4) is 0 Å². The van der Waals surface area contributed by atoms with Crippen molar-refractivity contribution in [3.05, 3.63) is 15.4 Å². The van der Waals surface area contributed by atoms with E-state index in [0.717, 1.165) is 22.2 Å². The molecule has 0 aromatic carbocycles. The smallest absolute Gasteiger partial charge is 0.252 e. The van der Waals surface area contributed by atoms with Crippen molar-refractivity contribution in [1.29, 1.82) is 0 Å². The van der Waals surface area contributed by atoms with Crippen LogP contribution in [0.15, 0.2) is 14.1 Å². The van der Waals surface area contributed by atoms with Crippen molar-refractivity contribution in [2.24, 2.45) is 5.73 Å². The third-order valence-corrected chi connectivity index (χ3v) is 7.30. The van der Waals surface area contributed by atoms with E-state index in [1.54, 1.807) is 6.07 Å². The third kappa shape index (κ3) is 3.26. The average molecular weight is 376 g/mol. The minimum Gasteiger partial charge on any atom is -0.327 e. The molecule has 0 spiro atoms. The Morgan fingerprint density at radius 3 is 2.72 bits per heavy atom. The largest absolute Gasteiger partial charge is 0.327 e. The highest BCUT2D eigenvalue weighted by atomic mass is 79.9. The molecular weight excluding hydrogens is 360 g/mol. The number of piperidine rings is 1. The predicted octanol–water partition coefficient (Wildman–Crippen LogP) is 2.35. The first kappa shape index (κ1) is 16.4. The topological polar surface area (TPSA) is 63.4 Å². The zero-order valence-electron chi connectivity index (χ0n) is 9.93. The van der Waals surface area contributed by atoms with E-state index in [1.807, 2.05) is 6.92 Å². The molecule has 1 atom stereocenters. The summed E-state index contributed by atoms with van der Waals surface area (Å²) < 4.78 is 27.5. The fourth-order valence-corrected chi connectivity index (χ4v) is 5.79. The standard InChI is InChI=1S/C10H15BrN2O2S2.ClH/c1-7-5-9(16-10(7)11)17(14,15)13-4-2-3-8(12)6-13;/h5,8H,2-4,6,12H2,1H3;1H. The molecule has 18 heavy (non-hydrogen) atoms. The fourth-order valence-electron chi connectivity index (χ4n) is 1.88. The second-order valence-corrected chi connectivity index (χ2v) is 8.82. The van der Waals surface area contributed by atoms with Gasteiger partial charge in [-0.2, -0.15) is 4.31 Å². The minimum atomic E-state index is -3.35. The van der Waals surface area contributed by atoms with Crippen molar-refractivity contribution in [3.63, 3.8) is 0 Å². The van der Waals surface area contributed by atoms with Crippen molar-refractivity contribution >= 4 is 49.7 Å². The van der Waals surface area contributed by atoms with Gasteiger partial charge >= 0.3 is 0 Å². The molecule has 2 heterocycles. The lowest BCUT2D eigenvalue weighted by atomic mass is 10.1. The highest BCUT2D eigenvalue weighted by Crippen LogP contribution is 2.33. The van der Waals surface area contributed by atoms with Crippen LogP contribution in [0.4, 0.5) is 0 Å². The number of rotatable bonds is 2. The molecule has 8 heteroatoms. The Balaban J connectivity index is 0.00000162. The molecule has 1 aliphatic heterocycles. The number of hydrogen-bond donors (Lipinski definition) is 1. The van der Waals surface area contributed by atoms with Crippen LogP contribution >= 0.6 is 39.7 Å². The Kier molecular flexibility index (Phi) is 5.64. The first-order valence-electron chi connectivity index (χ1n) is 5.43. The molecule has 1 fully saturated rings. The van der Waals surface area contributed by atoms with Gasteiger partial charge in [0.25, 0.3) is 10.0 Å². The number of hydrogen-bond acceptors (Lipinski definition) is 4. The maximum absolute atomic E-state index is 12.4. The Morgan fingerprint density at radius 2 is 2.22 bits per heavy atom. The van der Waals surface area contributed by atoms with Gasteiger partial charge in [0.2, 0.25) is 0 Å². The van der Waals surface area contributed by atoms with Gasteiger partial charge in [-0.25, -0.2) is 8.42 Å². The normalized spacial score (nSPS) is 21.6. The Hall–Kier alpha value is 0.340. The summed E-state index contributed by atoms with van der Waals surface area (Å²) in [5, 5.41) is 0. The van der Waals surface area contributed by atoms with Crippen LogP contribution in [0.5, 0.6) is 0 Å². The lowest BCUT2D eigenvalue weighted by molar-refractivity contribution is 0.316. The van der Waals surface area contributed by atoms with Gasteiger partial charge in [0.05, 0.1) is 3.79 Å². The predicted molar refractivity (Wildman–Crippen MR) is 80.0 cm³/mol. The van der Waals surface area contributed by atoms with Gasteiger partial charge in [0.1, 0.15) is 4.21 Å². The van der Waals surface area contributed by atoms with E-state index in [2.05, 4.69) is 15.9 Å². The van der Waals surface area contributed by atoms with Gasteiger partial charge in [-0.3, -0.25) is 0 Å². The SMILES string of the molecule is Cc1cc(S(=O)(=O)N2CCCC(N)C2)sc1Br.Cl. The van der Waals surface area contributed by atoms with Crippen molar-refractivity contribution in [2.45, 2.75) is 30.0 Å². The molecule has 0 saturated carbocycles. The summed E-state index contributed by atoms with van der Waals surface area (Å²) in [7, 11) is -3.35. The van der Waals surface area contributed by atoms with Gasteiger partial charge in [-0.15, -0.1) is 23.7 Å². The van der Waals surface area contributed by atoms with Crippen molar-refractivity contribution < 1.29 is 8.42 Å². The number of nitrogens with zero attached hydrogens (tertiary/aromatic N) is 1. The van der Waals surface area contributed by atoms with Gasteiger partial charge in [-0.05, 0) is 47.3 Å². The molecule has 0 bridgehead atoms. The summed E-state index contributed by atoms with van der Waals surface area (Å²) >= 11 is 4.62. The lowest BCUT2D eigenvalue weighted by Crippen LogP contribution is -2.45. The highest BCUT2D eigenvalue weighted by Gasteiger charge is 2.30. The van der Waals surface area contributed by atoms with Crippen LogP contribution in [0, 0.1) is 6.92 Å². The molecule has 0 aliphatic carbocycles. The highest BCUT2D eigenvalue weighted by molar-refractivity contribution is 9.11. The monoisotopic (exact) mass is 374 g/mol. The summed E-state index contributed by atoms with van der Waals surface area (Å²) in [6, 6.07) is 1.67. The van der Waals surface area contributed by atoms with E-state index in [0.29, 0.717) is 17.3 Å². The van der Waals surface area contributed by atoms with E-state index in [1.165, 1.54) is 15.6 Å². The second kappa shape index (κ2) is 6.19. The molecule has 104 valence electrons. The molecule has 1 aliphatic rings. The first-order chi connectivity index (χ1) is 7.91. The Bertz CT molecular complexity index is 498. The number of nitrogens with two attached hydrogens (primary N) is 1. The zero-order chi connectivity index (χ0) is 12.6. The van der Waals surface area contributed by atoms with Crippen molar-refractivity contribution in [2.75, 3.05) is 13.1 Å². The molecule has 1 aromatic heterocycles. The summed E-state index contributed by atoms with van der Waals surface area (Å²) in [4.78, 5) is 0. The molecule has 2 N–H and O–H groups in total. The quantitative estimate of drug-likeness (QED) is 0.863. The lowest BCUT2D eigenvalue weighted by Gasteiger charge is -2.29. The number of thiophene rings is 1. The number of sulfonamides is 1. The third-order valence-electron chi connectivity index (χ3n) is 2.85. The van der Waals surface area contributed by atoms with Crippen LogP contribution in [0.2, 0.25) is 0 Å². The van der Waals surface area contributed by atoms with Crippen LogP contribution in [-0.4, -0.2) is 31.9 Å². The van der Waals surface area contributed by atoms with Crippen molar-refractivity contribution in [3.8, 4) is 0 Å². The Labute approximate surface area is 126 Å². The molecule has 0 radical (unpaired) electrons. The molecule has 1 unspecified atom stereocenters. The van der Waals surface area contributed by atoms with E-state index < -0.39 is 10.0 Å². The molecule has 4 nitrogen and oxygen atoms in total. The van der Waals surface area contributed by atoms with Crippen LogP contribution in [0.1, 0.15) is 18.4 Å². The Morgan fingerprint density at radius 1 is 1.56 bits per heavy atom. The van der Waals surface area contributed by atoms with Crippen LogP contribution in [-0.2, 0) is 10.0 Å². The molecule has 1 aromatic rings. The second-order valence-electron chi connectivity index (χ2n) is 4.29. The van der Waals surface area contributed by atoms with Gasteiger partial charge in [0, 0.05) is 19.1 Å². The summed E-state index contributed by atoms with van der Waals surface area (Å²) in [5.41, 5.74) is 6.78. The summed E-state index contributed by atoms with van der Waals surface area (Å²) in [6.45, 7) is 2.89. The van der Waals surface area contributed by atoms with Gasteiger partial charge in [-0.1, -0.05) is 0 Å². The van der Waals surface area contributed by atoms with Crippen LogP contribution in [0.25, 0.3) is 0 Å². The van der Waals surface area contributed by atoms with Crippen LogP contribution < -0.4 is 5.73 Å². The number of aryl methyl sites for hydroxylation is 1. The average Bonchev–Trinajstić information content (AvgIpc) is 2.60. The van der Waals surface area contributed by atoms with E-state index in [4.69, 9.17) is 5.73 Å². The fraction of sp³-hybridized carbons (Fsp3) is 0.600. The molecular formula is C10H16BrClN2O2S2. The summed E-state index contributed by atoms with van der Waals surface area (Å²) in [6.07, 6.45) is 1.74. The molecule has 1 saturated heterocycles. The van der Waals surface area contributed by atoms with E-state index in [9.17, 15) is 8.42 Å². The van der Waals surface area contributed by atoms with Crippen molar-refractivity contribution in [1.82, 2.24) is 4.31 Å².